The van der Waals surface area contributed by atoms with E-state index in [1.165, 1.54) is 13.8 Å². The van der Waals surface area contributed by atoms with Crippen molar-refractivity contribution in [3.8, 4) is 0 Å². The van der Waals surface area contributed by atoms with Crippen LogP contribution in [0, 0.1) is 11.8 Å². The minimum Gasteiger partial charge on any atom is -0.481 e. The largest absolute Gasteiger partial charge is 0.481 e. The maximum atomic E-state index is 11.7. The molecule has 0 fully saturated rings. The normalized spacial score (nSPS) is 13.0. The van der Waals surface area contributed by atoms with Crippen LogP contribution >= 0.6 is 0 Å². The third-order valence-corrected chi connectivity index (χ3v) is 3.56. The second-order valence-electron chi connectivity index (χ2n) is 6.62. The van der Waals surface area contributed by atoms with Crippen molar-refractivity contribution in [3.63, 3.8) is 0 Å². The number of ether oxygens (including phenoxy) is 2. The van der Waals surface area contributed by atoms with Gasteiger partial charge in [0.1, 0.15) is 0 Å². The van der Waals surface area contributed by atoms with Gasteiger partial charge in [0.25, 0.3) is 0 Å². The molecule has 7 nitrogen and oxygen atoms in total. The van der Waals surface area contributed by atoms with Crippen molar-refractivity contribution in [1.82, 2.24) is 5.32 Å². The van der Waals surface area contributed by atoms with Crippen molar-refractivity contribution in [2.24, 2.45) is 11.8 Å². The van der Waals surface area contributed by atoms with Gasteiger partial charge in [0, 0.05) is 20.4 Å². The number of nitrogens with one attached hydrogen (secondary N) is 1. The quantitative estimate of drug-likeness (QED) is 0.515. The number of aliphatic carboxylic acids is 1. The molecule has 0 saturated heterocycles. The van der Waals surface area contributed by atoms with Crippen molar-refractivity contribution in [2.75, 3.05) is 6.54 Å². The SMILES string of the molecule is CC(=O)O[C@H](C)OC(=O)NC[C@H](Cc1cccc(CC(C)C)c1)C(=O)O. The molecule has 0 heterocycles. The van der Waals surface area contributed by atoms with Gasteiger partial charge in [0.05, 0.1) is 5.92 Å². The molecule has 7 heteroatoms. The summed E-state index contributed by atoms with van der Waals surface area (Å²) in [5.41, 5.74) is 2.06. The molecule has 0 aromatic heterocycles. The first-order valence-corrected chi connectivity index (χ1v) is 8.59. The van der Waals surface area contributed by atoms with Gasteiger partial charge in [-0.2, -0.15) is 0 Å². The highest BCUT2D eigenvalue weighted by molar-refractivity contribution is 5.73. The molecule has 0 unspecified atom stereocenters. The number of rotatable bonds is 9. The summed E-state index contributed by atoms with van der Waals surface area (Å²) in [5.74, 6) is -1.86. The lowest BCUT2D eigenvalue weighted by molar-refractivity contribution is -0.162. The highest BCUT2D eigenvalue weighted by Crippen LogP contribution is 2.14. The summed E-state index contributed by atoms with van der Waals surface area (Å²) in [5, 5.41) is 11.8. The molecule has 0 aliphatic carbocycles. The fourth-order valence-electron chi connectivity index (χ4n) is 2.54. The number of hydrogen-bond donors (Lipinski definition) is 2. The number of esters is 1. The van der Waals surface area contributed by atoms with Crippen molar-refractivity contribution >= 4 is 18.0 Å². The Balaban J connectivity index is 2.60. The zero-order chi connectivity index (χ0) is 19.7. The van der Waals surface area contributed by atoms with Crippen LogP contribution in [0.5, 0.6) is 0 Å². The van der Waals surface area contributed by atoms with Gasteiger partial charge in [-0.05, 0) is 29.9 Å². The van der Waals surface area contributed by atoms with E-state index in [1.807, 2.05) is 24.3 Å². The molecule has 2 atom stereocenters. The minimum absolute atomic E-state index is 0.0879. The topological polar surface area (TPSA) is 102 Å². The van der Waals surface area contributed by atoms with Gasteiger partial charge in [0.2, 0.25) is 6.29 Å². The Morgan fingerprint density at radius 2 is 1.69 bits per heavy atom. The van der Waals surface area contributed by atoms with Gasteiger partial charge < -0.3 is 19.9 Å². The molecular weight excluding hydrogens is 338 g/mol. The van der Waals surface area contributed by atoms with E-state index in [-0.39, 0.29) is 6.54 Å². The molecule has 1 aromatic carbocycles. The van der Waals surface area contributed by atoms with Crippen LogP contribution in [0.2, 0.25) is 0 Å². The lowest BCUT2D eigenvalue weighted by Gasteiger charge is -2.16. The number of carbonyl (C=O) groups is 3. The summed E-state index contributed by atoms with van der Waals surface area (Å²) in [4.78, 5) is 33.9. The van der Waals surface area contributed by atoms with Gasteiger partial charge >= 0.3 is 18.0 Å². The molecule has 0 radical (unpaired) electrons. The maximum absolute atomic E-state index is 11.7. The molecule has 1 amide bonds. The van der Waals surface area contributed by atoms with Gasteiger partial charge in [-0.25, -0.2) is 4.79 Å². The van der Waals surface area contributed by atoms with E-state index in [4.69, 9.17) is 4.74 Å². The van der Waals surface area contributed by atoms with Crippen LogP contribution in [-0.4, -0.2) is 36.0 Å². The van der Waals surface area contributed by atoms with E-state index in [1.54, 1.807) is 0 Å². The van der Waals surface area contributed by atoms with E-state index < -0.39 is 30.2 Å². The number of alkyl carbamates (subject to hydrolysis) is 1. The third kappa shape index (κ3) is 8.50. The average Bonchev–Trinajstić information content (AvgIpc) is 2.49. The van der Waals surface area contributed by atoms with Crippen LogP contribution < -0.4 is 5.32 Å². The molecule has 2 N–H and O–H groups in total. The lowest BCUT2D eigenvalue weighted by Crippen LogP contribution is -2.36. The van der Waals surface area contributed by atoms with Crippen LogP contribution in [0.25, 0.3) is 0 Å². The predicted molar refractivity (Wildman–Crippen MR) is 95.5 cm³/mol. The molecule has 1 rings (SSSR count). The first kappa shape index (κ1) is 21.5. The zero-order valence-corrected chi connectivity index (χ0v) is 15.7. The Morgan fingerprint density at radius 3 is 2.23 bits per heavy atom. The second-order valence-corrected chi connectivity index (χ2v) is 6.62. The molecule has 144 valence electrons. The monoisotopic (exact) mass is 365 g/mol. The summed E-state index contributed by atoms with van der Waals surface area (Å²) in [7, 11) is 0. The molecule has 0 bridgehead atoms. The average molecular weight is 365 g/mol. The van der Waals surface area contributed by atoms with Gasteiger partial charge in [0.15, 0.2) is 0 Å². The van der Waals surface area contributed by atoms with Crippen molar-refractivity contribution in [1.29, 1.82) is 0 Å². The summed E-state index contributed by atoms with van der Waals surface area (Å²) in [6, 6.07) is 7.80. The first-order valence-electron chi connectivity index (χ1n) is 8.59. The summed E-state index contributed by atoms with van der Waals surface area (Å²) >= 11 is 0. The van der Waals surface area contributed by atoms with Crippen molar-refractivity contribution < 1.29 is 29.0 Å². The highest BCUT2D eigenvalue weighted by Gasteiger charge is 2.20. The summed E-state index contributed by atoms with van der Waals surface area (Å²) in [6.07, 6.45) is -0.660. The fraction of sp³-hybridized carbons (Fsp3) is 0.526. The van der Waals surface area contributed by atoms with E-state index in [0.717, 1.165) is 17.5 Å². The number of carbonyl (C=O) groups excluding carboxylic acids is 2. The fourth-order valence-corrected chi connectivity index (χ4v) is 2.54. The van der Waals surface area contributed by atoms with Crippen molar-refractivity contribution in [3.05, 3.63) is 35.4 Å². The number of benzene rings is 1. The number of carboxylic acid groups (broad SMARTS) is 1. The molecule has 1 aromatic rings. The smallest absolute Gasteiger partial charge is 0.410 e. The summed E-state index contributed by atoms with van der Waals surface area (Å²) in [6.45, 7) is 6.76. The van der Waals surface area contributed by atoms with Crippen LogP contribution in [0.15, 0.2) is 24.3 Å². The molecule has 0 spiro atoms. The highest BCUT2D eigenvalue weighted by atomic mass is 16.7. The van der Waals surface area contributed by atoms with Crippen LogP contribution in [0.1, 0.15) is 38.8 Å². The molecule has 0 aliphatic heterocycles. The Morgan fingerprint density at radius 1 is 1.08 bits per heavy atom. The molecule has 0 aliphatic rings. The van der Waals surface area contributed by atoms with E-state index in [9.17, 15) is 19.5 Å². The Labute approximate surface area is 153 Å². The molecule has 0 saturated carbocycles. The molecular formula is C19H27NO6. The van der Waals surface area contributed by atoms with Gasteiger partial charge in [-0.3, -0.25) is 9.59 Å². The maximum Gasteiger partial charge on any atom is 0.410 e. The Kier molecular flexibility index (Phi) is 8.61. The van der Waals surface area contributed by atoms with Crippen LogP contribution in [0.4, 0.5) is 4.79 Å². The van der Waals surface area contributed by atoms with Crippen LogP contribution in [0.3, 0.4) is 0 Å². The van der Waals surface area contributed by atoms with E-state index in [2.05, 4.69) is 23.9 Å². The number of hydrogen-bond acceptors (Lipinski definition) is 5. The Bertz CT molecular complexity index is 628. The van der Waals surface area contributed by atoms with Crippen molar-refractivity contribution in [2.45, 2.75) is 46.8 Å². The van der Waals surface area contributed by atoms with E-state index in [0.29, 0.717) is 12.3 Å². The first-order chi connectivity index (χ1) is 12.2. The van der Waals surface area contributed by atoms with Crippen LogP contribution in [-0.2, 0) is 31.9 Å². The number of amides is 1. The Hall–Kier alpha value is -2.57. The standard InChI is InChI=1S/C19H27NO6/c1-12(2)8-15-6-5-7-16(9-15)10-17(18(22)23)11-20-19(24)26-14(4)25-13(3)21/h5-7,9,12,14,17H,8,10-11H2,1-4H3,(H,20,24)(H,22,23)/t14-,17-/m0/s1. The van der Waals surface area contributed by atoms with Gasteiger partial charge in [-0.15, -0.1) is 0 Å². The van der Waals surface area contributed by atoms with Gasteiger partial charge in [-0.1, -0.05) is 38.1 Å². The third-order valence-electron chi connectivity index (χ3n) is 3.56. The number of carboxylic acids is 1. The zero-order valence-electron chi connectivity index (χ0n) is 15.7. The minimum atomic E-state index is -1.04. The predicted octanol–water partition coefficient (Wildman–Crippen LogP) is 2.76. The second kappa shape index (κ2) is 10.4. The molecule has 26 heavy (non-hydrogen) atoms. The van der Waals surface area contributed by atoms with E-state index >= 15 is 0 Å². The lowest BCUT2D eigenvalue weighted by atomic mass is 9.95. The summed E-state index contributed by atoms with van der Waals surface area (Å²) < 4.78 is 9.50.